The summed E-state index contributed by atoms with van der Waals surface area (Å²) >= 11 is 0. The van der Waals surface area contributed by atoms with Gasteiger partial charge in [0.25, 0.3) is 0 Å². The number of carbonyl (C=O) groups excluding carboxylic acids is 2. The van der Waals surface area contributed by atoms with Crippen molar-refractivity contribution in [3.05, 3.63) is 153 Å². The van der Waals surface area contributed by atoms with Gasteiger partial charge in [-0.05, 0) is 62.1 Å². The Labute approximate surface area is 479 Å². The average Bonchev–Trinajstić information content (AvgIpc) is 3.59. The monoisotopic (exact) mass is 1130 g/mol. The Morgan fingerprint density at radius 2 is 0.939 bits per heavy atom. The smallest absolute Gasteiger partial charge is 0.345 e. The Kier molecular flexibility index (Phi) is 19.6. The van der Waals surface area contributed by atoms with E-state index in [0.29, 0.717) is 127 Å². The Hall–Kier alpha value is -7.58. The molecule has 4 aromatic heterocycles. The van der Waals surface area contributed by atoms with E-state index in [1.54, 1.807) is 48.8 Å². The predicted molar refractivity (Wildman–Crippen MR) is 311 cm³/mol. The van der Waals surface area contributed by atoms with Gasteiger partial charge in [-0.15, -0.1) is 9.29 Å². The van der Waals surface area contributed by atoms with Gasteiger partial charge in [-0.2, -0.15) is 9.97 Å². The second-order valence-corrected chi connectivity index (χ2v) is 23.7. The number of halogens is 2. The van der Waals surface area contributed by atoms with Crippen molar-refractivity contribution in [3.63, 3.8) is 0 Å². The van der Waals surface area contributed by atoms with Gasteiger partial charge in [0.1, 0.15) is 74.2 Å². The standard InChI is InChI=1S/C62H80F2N12O6/c1-9-17-49-43-53(69-57(65-49)61(3,4)5)71-31-37-75(38-32-71,35-13-11-27-73-29-25-51(67-59(73)79)45-19-15-21-47(63)41-45)81-55(77)23-24-56(78)82-76(36-14-12-28-74-30-26-52(68-60(74)80)46-20-16-22-48(64)42-46)39-33-72(34-40-76)54-44-50(18-10-2)66-58(70-54)62(6,7)8/h15-16,19-26,29-30,41-44H,9-14,17-18,27-28,31-40H2,1-8H3/q+2/b24-23+. The lowest BCUT2D eigenvalue weighted by molar-refractivity contribution is -1.09. The molecule has 2 saturated heterocycles. The van der Waals surface area contributed by atoms with Crippen molar-refractivity contribution in [2.24, 2.45) is 0 Å². The van der Waals surface area contributed by atoms with E-state index < -0.39 is 35.0 Å². The first-order chi connectivity index (χ1) is 39.1. The van der Waals surface area contributed by atoms with Crippen molar-refractivity contribution in [1.29, 1.82) is 0 Å². The molecule has 0 radical (unpaired) electrons. The molecular formula is C62H80F2N12O6+2. The summed E-state index contributed by atoms with van der Waals surface area (Å²) in [4.78, 5) is 99.7. The predicted octanol–water partition coefficient (Wildman–Crippen LogP) is 8.90. The van der Waals surface area contributed by atoms with Crippen LogP contribution in [-0.4, -0.2) is 126 Å². The molecule has 2 aliphatic heterocycles. The molecule has 2 aliphatic rings. The van der Waals surface area contributed by atoms with Crippen LogP contribution >= 0.6 is 0 Å². The molecule has 6 aromatic rings. The number of carbonyl (C=O) groups is 2. The molecule has 0 amide bonds. The average molecular weight is 1130 g/mol. The minimum Gasteiger partial charge on any atom is -0.345 e. The highest BCUT2D eigenvalue weighted by Crippen LogP contribution is 2.29. The number of aryl methyl sites for hydroxylation is 4. The zero-order valence-corrected chi connectivity index (χ0v) is 49.0. The molecule has 20 heteroatoms. The van der Waals surface area contributed by atoms with Crippen LogP contribution in [-0.2, 0) is 56.0 Å². The van der Waals surface area contributed by atoms with Gasteiger partial charge in [-0.3, -0.25) is 18.8 Å². The lowest BCUT2D eigenvalue weighted by Gasteiger charge is -2.42. The highest BCUT2D eigenvalue weighted by atomic mass is 19.1. The van der Waals surface area contributed by atoms with Crippen LogP contribution in [0, 0.1) is 11.6 Å². The second-order valence-electron chi connectivity index (χ2n) is 23.7. The summed E-state index contributed by atoms with van der Waals surface area (Å²) in [6, 6.07) is 19.4. The van der Waals surface area contributed by atoms with Crippen molar-refractivity contribution < 1.29 is 37.3 Å². The molecule has 2 aromatic carbocycles. The first-order valence-corrected chi connectivity index (χ1v) is 28.9. The SMILES string of the molecule is CCCc1cc(N2CC[N+](CCCCn3ccc(-c4cccc(F)c4)nc3=O)(OC(=O)/C=C/C(=O)O[N+]3(CCCCn4ccc(-c5cccc(F)c5)nc4=O)CCN(c4cc(CCC)nc(C(C)(C)C)n4)CC3)CC2)nc(C(C)(C)C)n1. The van der Waals surface area contributed by atoms with Gasteiger partial charge < -0.3 is 9.80 Å². The van der Waals surface area contributed by atoms with Crippen LogP contribution in [0.4, 0.5) is 20.4 Å². The highest BCUT2D eigenvalue weighted by molar-refractivity contribution is 5.91. The Bertz CT molecular complexity index is 3120. The van der Waals surface area contributed by atoms with E-state index in [1.165, 1.54) is 33.4 Å². The maximum Gasteiger partial charge on any atom is 0.390 e. The number of hydrogen-bond acceptors (Lipinski definition) is 14. The molecular weight excluding hydrogens is 1050 g/mol. The van der Waals surface area contributed by atoms with Crippen molar-refractivity contribution >= 4 is 23.6 Å². The van der Waals surface area contributed by atoms with E-state index in [9.17, 15) is 28.0 Å². The number of anilines is 2. The summed E-state index contributed by atoms with van der Waals surface area (Å²) < 4.78 is 30.9. The van der Waals surface area contributed by atoms with Crippen molar-refractivity contribution in [3.8, 4) is 22.5 Å². The summed E-state index contributed by atoms with van der Waals surface area (Å²) in [5.74, 6) is 0.981. The maximum absolute atomic E-state index is 14.0. The molecule has 8 rings (SSSR count). The van der Waals surface area contributed by atoms with Gasteiger partial charge in [-0.1, -0.05) is 92.5 Å². The topological polar surface area (TPSA) is 180 Å². The summed E-state index contributed by atoms with van der Waals surface area (Å²) in [5, 5.41) is 0. The molecule has 436 valence electrons. The first-order valence-electron chi connectivity index (χ1n) is 28.9. The fraction of sp³-hybridized carbons (Fsp3) is 0.484. The Morgan fingerprint density at radius 3 is 1.28 bits per heavy atom. The first kappa shape index (κ1) is 60.5. The lowest BCUT2D eigenvalue weighted by atomic mass is 9.95. The van der Waals surface area contributed by atoms with E-state index in [0.717, 1.165) is 72.5 Å². The minimum absolute atomic E-state index is 0.0126. The molecule has 82 heavy (non-hydrogen) atoms. The fourth-order valence-corrected chi connectivity index (χ4v) is 10.3. The summed E-state index contributed by atoms with van der Waals surface area (Å²) in [6.07, 6.45) is 11.5. The number of piperazine rings is 2. The van der Waals surface area contributed by atoms with Crippen LogP contribution < -0.4 is 21.2 Å². The van der Waals surface area contributed by atoms with E-state index in [-0.39, 0.29) is 20.1 Å². The van der Waals surface area contributed by atoms with Crippen LogP contribution in [0.5, 0.6) is 0 Å². The maximum atomic E-state index is 14.0. The molecule has 0 aliphatic carbocycles. The third-order valence-electron chi connectivity index (χ3n) is 15.0. The Balaban J connectivity index is 0.965. The minimum atomic E-state index is -0.693. The van der Waals surface area contributed by atoms with E-state index >= 15 is 0 Å². The largest absolute Gasteiger partial charge is 0.390 e. The third-order valence-corrected chi connectivity index (χ3v) is 15.0. The number of rotatable bonds is 22. The third kappa shape index (κ3) is 16.1. The molecule has 2 fully saturated rings. The van der Waals surface area contributed by atoms with E-state index in [4.69, 9.17) is 29.6 Å². The zero-order valence-electron chi connectivity index (χ0n) is 49.0. The van der Waals surface area contributed by atoms with Gasteiger partial charge in [-0.25, -0.2) is 47.9 Å². The van der Waals surface area contributed by atoms with Gasteiger partial charge >= 0.3 is 23.3 Å². The van der Waals surface area contributed by atoms with Crippen LogP contribution in [0.1, 0.15) is 117 Å². The number of hydroxylamine groups is 6. The molecule has 0 saturated carbocycles. The number of hydrogen-bond donors (Lipinski definition) is 0. The normalized spacial score (nSPS) is 15.4. The summed E-state index contributed by atoms with van der Waals surface area (Å²) in [5.41, 5.74) is 2.33. The van der Waals surface area contributed by atoms with Gasteiger partial charge in [0.2, 0.25) is 0 Å². The van der Waals surface area contributed by atoms with Crippen LogP contribution in [0.2, 0.25) is 0 Å². The Morgan fingerprint density at radius 1 is 0.549 bits per heavy atom. The molecule has 6 heterocycles. The summed E-state index contributed by atoms with van der Waals surface area (Å²) in [6.45, 7) is 22.4. The van der Waals surface area contributed by atoms with Crippen LogP contribution in [0.25, 0.3) is 22.5 Å². The summed E-state index contributed by atoms with van der Waals surface area (Å²) in [7, 11) is 0. The van der Waals surface area contributed by atoms with E-state index in [2.05, 4.69) is 87.3 Å². The fourth-order valence-electron chi connectivity index (χ4n) is 10.3. The molecule has 0 atom stereocenters. The molecule has 18 nitrogen and oxygen atoms in total. The van der Waals surface area contributed by atoms with Gasteiger partial charge in [0.15, 0.2) is 0 Å². The van der Waals surface area contributed by atoms with Crippen LogP contribution in [0.15, 0.2) is 107 Å². The quantitative estimate of drug-likeness (QED) is 0.0357. The number of unbranched alkanes of at least 4 members (excludes halogenated alkanes) is 2. The highest BCUT2D eigenvalue weighted by Gasteiger charge is 2.40. The van der Waals surface area contributed by atoms with Crippen molar-refractivity contribution in [1.82, 2.24) is 39.0 Å². The number of quaternary nitrogens is 2. The molecule has 0 unspecified atom stereocenters. The number of benzene rings is 2. The molecule has 0 bridgehead atoms. The number of nitrogens with zero attached hydrogens (tertiary/aromatic N) is 12. The lowest BCUT2D eigenvalue weighted by Crippen LogP contribution is -2.61. The van der Waals surface area contributed by atoms with Gasteiger partial charge in [0, 0.05) is 96.0 Å². The molecule has 0 N–H and O–H groups in total. The van der Waals surface area contributed by atoms with Gasteiger partial charge in [0.05, 0.1) is 37.6 Å². The van der Waals surface area contributed by atoms with Crippen LogP contribution in [0.3, 0.4) is 0 Å². The van der Waals surface area contributed by atoms with Crippen molar-refractivity contribution in [2.45, 2.75) is 131 Å². The van der Waals surface area contributed by atoms with Crippen molar-refractivity contribution in [2.75, 3.05) is 75.2 Å². The second kappa shape index (κ2) is 26.6. The zero-order chi connectivity index (χ0) is 58.7. The van der Waals surface area contributed by atoms with E-state index in [1.807, 2.05) is 0 Å². The molecule has 0 spiro atoms. The number of aromatic nitrogens is 8.